The summed E-state index contributed by atoms with van der Waals surface area (Å²) < 4.78 is 0. The van der Waals surface area contributed by atoms with Gasteiger partial charge in [-0.25, -0.2) is 9.59 Å². The van der Waals surface area contributed by atoms with Gasteiger partial charge in [-0.1, -0.05) is 59.7 Å². The van der Waals surface area contributed by atoms with Crippen LogP contribution < -0.4 is 10.2 Å². The van der Waals surface area contributed by atoms with Crippen LogP contribution >= 0.6 is 46.4 Å². The minimum atomic E-state index is -1.07. The van der Waals surface area contributed by atoms with E-state index in [2.05, 4.69) is 5.32 Å². The third kappa shape index (κ3) is 5.12. The number of anilines is 2. The molecule has 1 saturated heterocycles. The molecule has 7 nitrogen and oxygen atoms in total. The maximum absolute atomic E-state index is 13.5. The summed E-state index contributed by atoms with van der Waals surface area (Å²) in [4.78, 5) is 29.4. The Labute approximate surface area is 212 Å². The standard InChI is InChI=1S/C22H24Cl4N4O3/c1-4-5-10-28-21(32)29(14-7-9-16(24)18(26)12-14)19(22(28,2)3)30(33)20(31)27-13-6-8-15(23)17(25)11-13/h6-9,11-12,19,33H,4-5,10H2,1-3H3,(H,27,31)/t19-/m0/s1. The van der Waals surface area contributed by atoms with Crippen molar-refractivity contribution in [1.82, 2.24) is 9.96 Å². The van der Waals surface area contributed by atoms with Gasteiger partial charge in [0.25, 0.3) is 0 Å². The van der Waals surface area contributed by atoms with E-state index in [1.807, 2.05) is 6.92 Å². The van der Waals surface area contributed by atoms with Gasteiger partial charge in [-0.15, -0.1) is 0 Å². The highest BCUT2D eigenvalue weighted by Crippen LogP contribution is 2.40. The van der Waals surface area contributed by atoms with Crippen LogP contribution in [0.2, 0.25) is 20.1 Å². The van der Waals surface area contributed by atoms with Gasteiger partial charge < -0.3 is 10.2 Å². The molecule has 1 atom stereocenters. The highest BCUT2D eigenvalue weighted by atomic mass is 35.5. The molecule has 2 aromatic rings. The Balaban J connectivity index is 1.99. The lowest BCUT2D eigenvalue weighted by molar-refractivity contribution is -0.0949. The largest absolute Gasteiger partial charge is 0.347 e. The molecule has 1 fully saturated rings. The molecule has 2 aromatic carbocycles. The van der Waals surface area contributed by atoms with Crippen molar-refractivity contribution in [2.75, 3.05) is 16.8 Å². The molecule has 1 heterocycles. The van der Waals surface area contributed by atoms with Crippen molar-refractivity contribution in [3.8, 4) is 0 Å². The lowest BCUT2D eigenvalue weighted by Crippen LogP contribution is -2.58. The average molecular weight is 534 g/mol. The van der Waals surface area contributed by atoms with E-state index in [0.717, 1.165) is 12.8 Å². The first-order valence-electron chi connectivity index (χ1n) is 10.3. The first-order chi connectivity index (χ1) is 15.5. The van der Waals surface area contributed by atoms with E-state index in [1.165, 1.54) is 23.1 Å². The second-order valence-electron chi connectivity index (χ2n) is 8.19. The average Bonchev–Trinajstić information content (AvgIpc) is 2.95. The van der Waals surface area contributed by atoms with Crippen LogP contribution in [0.4, 0.5) is 21.0 Å². The summed E-state index contributed by atoms with van der Waals surface area (Å²) in [7, 11) is 0. The molecule has 1 aliphatic heterocycles. The molecule has 0 spiro atoms. The fraction of sp³-hybridized carbons (Fsp3) is 0.364. The first-order valence-corrected chi connectivity index (χ1v) is 11.8. The summed E-state index contributed by atoms with van der Waals surface area (Å²) in [6, 6.07) is 8.03. The van der Waals surface area contributed by atoms with Crippen LogP contribution in [-0.4, -0.2) is 45.5 Å². The van der Waals surface area contributed by atoms with E-state index >= 15 is 0 Å². The highest BCUT2D eigenvalue weighted by Gasteiger charge is 2.55. The van der Waals surface area contributed by atoms with Gasteiger partial charge in [-0.3, -0.25) is 10.1 Å². The predicted molar refractivity (Wildman–Crippen MR) is 133 cm³/mol. The molecule has 33 heavy (non-hydrogen) atoms. The van der Waals surface area contributed by atoms with Crippen LogP contribution in [0.3, 0.4) is 0 Å². The molecule has 0 bridgehead atoms. The summed E-state index contributed by atoms with van der Waals surface area (Å²) in [6.07, 6.45) is 0.567. The quantitative estimate of drug-likeness (QED) is 0.300. The zero-order chi connectivity index (χ0) is 24.5. The number of benzene rings is 2. The first kappa shape index (κ1) is 25.7. The Morgan fingerprint density at radius 1 is 1.06 bits per heavy atom. The van der Waals surface area contributed by atoms with Crippen LogP contribution in [0.5, 0.6) is 0 Å². The number of halogens is 4. The van der Waals surface area contributed by atoms with Gasteiger partial charge in [0.05, 0.1) is 25.6 Å². The Morgan fingerprint density at radius 2 is 1.67 bits per heavy atom. The summed E-state index contributed by atoms with van der Waals surface area (Å²) in [5, 5.41) is 15.3. The van der Waals surface area contributed by atoms with Crippen molar-refractivity contribution in [1.29, 1.82) is 0 Å². The van der Waals surface area contributed by atoms with Crippen molar-refractivity contribution < 1.29 is 14.8 Å². The molecule has 0 unspecified atom stereocenters. The van der Waals surface area contributed by atoms with Crippen molar-refractivity contribution in [2.24, 2.45) is 0 Å². The Morgan fingerprint density at radius 3 is 2.24 bits per heavy atom. The molecule has 4 amide bonds. The molecular formula is C22H24Cl4N4O3. The third-order valence-electron chi connectivity index (χ3n) is 5.54. The molecule has 1 aliphatic rings. The van der Waals surface area contributed by atoms with Crippen LogP contribution in [0.1, 0.15) is 33.6 Å². The predicted octanol–water partition coefficient (Wildman–Crippen LogP) is 7.37. The van der Waals surface area contributed by atoms with E-state index in [1.54, 1.807) is 36.9 Å². The van der Waals surface area contributed by atoms with Gasteiger partial charge in [0.15, 0.2) is 6.17 Å². The molecule has 2 N–H and O–H groups in total. The lowest BCUT2D eigenvalue weighted by Gasteiger charge is -2.38. The minimum absolute atomic E-state index is 0.246. The smallest absolute Gasteiger partial charge is 0.315 e. The van der Waals surface area contributed by atoms with E-state index in [4.69, 9.17) is 46.4 Å². The summed E-state index contributed by atoms with van der Waals surface area (Å²) >= 11 is 24.2. The van der Waals surface area contributed by atoms with E-state index in [-0.39, 0.29) is 16.1 Å². The SMILES string of the molecule is CCCCN1C(=O)N(c2ccc(Cl)c(Cl)c2)[C@@H](N(O)C(=O)Nc2ccc(Cl)c(Cl)c2)C1(C)C. The number of nitrogens with one attached hydrogen (secondary N) is 1. The number of carbonyl (C=O) groups excluding carboxylic acids is 2. The van der Waals surface area contributed by atoms with E-state index in [0.29, 0.717) is 33.0 Å². The van der Waals surface area contributed by atoms with Gasteiger partial charge >= 0.3 is 12.1 Å². The monoisotopic (exact) mass is 532 g/mol. The maximum Gasteiger partial charge on any atom is 0.347 e. The number of nitrogens with zero attached hydrogens (tertiary/aromatic N) is 3. The topological polar surface area (TPSA) is 76.1 Å². The Kier molecular flexibility index (Phi) is 7.91. The molecule has 0 aromatic heterocycles. The number of hydrogen-bond acceptors (Lipinski definition) is 3. The van der Waals surface area contributed by atoms with Crippen LogP contribution in [0.25, 0.3) is 0 Å². The number of unbranched alkanes of at least 4 members (excludes halogenated alkanes) is 1. The molecular weight excluding hydrogens is 510 g/mol. The Hall–Kier alpha value is -1.90. The summed E-state index contributed by atoms with van der Waals surface area (Å²) in [5.74, 6) is 0. The van der Waals surface area contributed by atoms with Gasteiger partial charge in [-0.2, -0.15) is 5.06 Å². The summed E-state index contributed by atoms with van der Waals surface area (Å²) in [6.45, 7) is 6.06. The van der Waals surface area contributed by atoms with Gasteiger partial charge in [0.2, 0.25) is 0 Å². The normalized spacial score (nSPS) is 17.5. The van der Waals surface area contributed by atoms with Crippen molar-refractivity contribution in [2.45, 2.75) is 45.3 Å². The molecule has 3 rings (SSSR count). The summed E-state index contributed by atoms with van der Waals surface area (Å²) in [5.41, 5.74) is -0.213. The van der Waals surface area contributed by atoms with Gasteiger partial charge in [0.1, 0.15) is 0 Å². The highest BCUT2D eigenvalue weighted by molar-refractivity contribution is 6.42. The number of urea groups is 2. The van der Waals surface area contributed by atoms with Crippen molar-refractivity contribution in [3.05, 3.63) is 56.5 Å². The van der Waals surface area contributed by atoms with Gasteiger partial charge in [0, 0.05) is 17.9 Å². The van der Waals surface area contributed by atoms with Crippen LogP contribution in [-0.2, 0) is 0 Å². The van der Waals surface area contributed by atoms with Crippen LogP contribution in [0.15, 0.2) is 36.4 Å². The zero-order valence-electron chi connectivity index (χ0n) is 18.3. The number of rotatable bonds is 6. The second-order valence-corrected chi connectivity index (χ2v) is 9.82. The lowest BCUT2D eigenvalue weighted by atomic mass is 9.99. The molecule has 0 aliphatic carbocycles. The minimum Gasteiger partial charge on any atom is -0.315 e. The number of hydrogen-bond donors (Lipinski definition) is 2. The fourth-order valence-corrected chi connectivity index (χ4v) is 4.39. The molecule has 178 valence electrons. The Bertz CT molecular complexity index is 1070. The van der Waals surface area contributed by atoms with E-state index < -0.39 is 17.7 Å². The molecule has 0 radical (unpaired) electrons. The number of hydroxylamine groups is 2. The molecule has 11 heteroatoms. The number of amides is 4. The number of carbonyl (C=O) groups is 2. The van der Waals surface area contributed by atoms with E-state index in [9.17, 15) is 14.8 Å². The second kappa shape index (κ2) is 10.2. The molecule has 0 saturated carbocycles. The fourth-order valence-electron chi connectivity index (χ4n) is 3.80. The van der Waals surface area contributed by atoms with Crippen molar-refractivity contribution >= 4 is 69.8 Å². The van der Waals surface area contributed by atoms with Gasteiger partial charge in [-0.05, 0) is 56.7 Å². The maximum atomic E-state index is 13.5. The van der Waals surface area contributed by atoms with Crippen molar-refractivity contribution in [3.63, 3.8) is 0 Å². The third-order valence-corrected chi connectivity index (χ3v) is 7.01. The zero-order valence-corrected chi connectivity index (χ0v) is 21.3. The van der Waals surface area contributed by atoms with Crippen LogP contribution in [0, 0.1) is 0 Å².